The van der Waals surface area contributed by atoms with Crippen molar-refractivity contribution in [2.24, 2.45) is 0 Å². The molecule has 0 aliphatic heterocycles. The van der Waals surface area contributed by atoms with Crippen molar-refractivity contribution >= 4 is 27.7 Å². The van der Waals surface area contributed by atoms with Crippen molar-refractivity contribution in [1.29, 1.82) is 0 Å². The van der Waals surface area contributed by atoms with Crippen LogP contribution in [0.2, 0.25) is 0 Å². The monoisotopic (exact) mass is 399 g/mol. The SMILES string of the molecule is OCCNc1nc(NCc2ccccc2Br)cc(-c2cccnc2)n1. The number of benzene rings is 1. The lowest BCUT2D eigenvalue weighted by Gasteiger charge is -2.11. The molecule has 2 heterocycles. The second kappa shape index (κ2) is 8.55. The van der Waals surface area contributed by atoms with Gasteiger partial charge in [-0.15, -0.1) is 0 Å². The maximum Gasteiger partial charge on any atom is 0.225 e. The highest BCUT2D eigenvalue weighted by Gasteiger charge is 2.07. The number of nitrogens with one attached hydrogen (secondary N) is 2. The number of nitrogens with zero attached hydrogens (tertiary/aromatic N) is 3. The molecule has 0 bridgehead atoms. The van der Waals surface area contributed by atoms with Gasteiger partial charge in [0.1, 0.15) is 5.82 Å². The number of halogens is 1. The zero-order valence-electron chi connectivity index (χ0n) is 13.5. The van der Waals surface area contributed by atoms with E-state index in [-0.39, 0.29) is 6.61 Å². The fraction of sp³-hybridized carbons (Fsp3) is 0.167. The van der Waals surface area contributed by atoms with Crippen molar-refractivity contribution < 1.29 is 5.11 Å². The van der Waals surface area contributed by atoms with Gasteiger partial charge >= 0.3 is 0 Å². The van der Waals surface area contributed by atoms with E-state index in [0.29, 0.717) is 24.9 Å². The summed E-state index contributed by atoms with van der Waals surface area (Å²) in [5, 5.41) is 15.4. The van der Waals surface area contributed by atoms with Gasteiger partial charge in [-0.25, -0.2) is 4.98 Å². The zero-order chi connectivity index (χ0) is 17.5. The Kier molecular flexibility index (Phi) is 5.92. The number of anilines is 2. The van der Waals surface area contributed by atoms with Crippen molar-refractivity contribution in [2.45, 2.75) is 6.54 Å². The summed E-state index contributed by atoms with van der Waals surface area (Å²) in [6.07, 6.45) is 3.48. The minimum Gasteiger partial charge on any atom is -0.395 e. The van der Waals surface area contributed by atoms with E-state index >= 15 is 0 Å². The summed E-state index contributed by atoms with van der Waals surface area (Å²) in [6, 6.07) is 13.7. The van der Waals surface area contributed by atoms with Crippen molar-refractivity contribution in [3.05, 3.63) is 64.9 Å². The minimum absolute atomic E-state index is 0.0141. The van der Waals surface area contributed by atoms with E-state index in [1.807, 2.05) is 42.5 Å². The molecule has 2 aromatic heterocycles. The maximum absolute atomic E-state index is 9.02. The number of rotatable bonds is 7. The van der Waals surface area contributed by atoms with Crippen molar-refractivity contribution in [3.63, 3.8) is 0 Å². The predicted molar refractivity (Wildman–Crippen MR) is 102 cm³/mol. The van der Waals surface area contributed by atoms with Gasteiger partial charge in [-0.05, 0) is 23.8 Å². The fourth-order valence-electron chi connectivity index (χ4n) is 2.27. The molecule has 3 aromatic rings. The first-order chi connectivity index (χ1) is 12.3. The van der Waals surface area contributed by atoms with E-state index in [0.717, 1.165) is 21.3 Å². The molecule has 7 heteroatoms. The van der Waals surface area contributed by atoms with Crippen LogP contribution in [0.4, 0.5) is 11.8 Å². The van der Waals surface area contributed by atoms with Gasteiger partial charge in [-0.2, -0.15) is 4.98 Å². The second-order valence-corrected chi connectivity index (χ2v) is 6.15. The third kappa shape index (κ3) is 4.74. The summed E-state index contributed by atoms with van der Waals surface area (Å²) < 4.78 is 1.04. The molecular weight excluding hydrogens is 382 g/mol. The Morgan fingerprint density at radius 1 is 1.04 bits per heavy atom. The highest BCUT2D eigenvalue weighted by molar-refractivity contribution is 9.10. The second-order valence-electron chi connectivity index (χ2n) is 5.30. The Labute approximate surface area is 154 Å². The van der Waals surface area contributed by atoms with Gasteiger partial charge < -0.3 is 15.7 Å². The molecule has 0 aliphatic rings. The van der Waals surface area contributed by atoms with Crippen molar-refractivity contribution in [1.82, 2.24) is 15.0 Å². The normalized spacial score (nSPS) is 10.5. The molecule has 1 aromatic carbocycles. The van der Waals surface area contributed by atoms with Gasteiger partial charge in [0.15, 0.2) is 0 Å². The molecule has 0 fully saturated rings. The van der Waals surface area contributed by atoms with Gasteiger partial charge in [0.05, 0.1) is 12.3 Å². The zero-order valence-corrected chi connectivity index (χ0v) is 15.1. The molecule has 128 valence electrons. The molecule has 3 N–H and O–H groups in total. The van der Waals surface area contributed by atoms with Gasteiger partial charge in [0.2, 0.25) is 5.95 Å². The Hall–Kier alpha value is -2.51. The van der Waals surface area contributed by atoms with Gasteiger partial charge in [-0.1, -0.05) is 34.1 Å². The van der Waals surface area contributed by atoms with Crippen molar-refractivity contribution in [3.8, 4) is 11.3 Å². The minimum atomic E-state index is 0.0141. The molecule has 25 heavy (non-hydrogen) atoms. The van der Waals surface area contributed by atoms with Gasteiger partial charge in [0.25, 0.3) is 0 Å². The molecule has 0 aliphatic carbocycles. The maximum atomic E-state index is 9.02. The summed E-state index contributed by atoms with van der Waals surface area (Å²) >= 11 is 3.55. The van der Waals surface area contributed by atoms with Crippen LogP contribution in [0.15, 0.2) is 59.3 Å². The van der Waals surface area contributed by atoms with Crippen LogP contribution in [0.1, 0.15) is 5.56 Å². The lowest BCUT2D eigenvalue weighted by atomic mass is 10.2. The number of aliphatic hydroxyl groups excluding tert-OH is 1. The highest BCUT2D eigenvalue weighted by atomic mass is 79.9. The van der Waals surface area contributed by atoms with Crippen LogP contribution in [0, 0.1) is 0 Å². The molecule has 3 rings (SSSR count). The molecule has 0 radical (unpaired) electrons. The largest absolute Gasteiger partial charge is 0.395 e. The van der Waals surface area contributed by atoms with E-state index in [4.69, 9.17) is 5.11 Å². The summed E-state index contributed by atoms with van der Waals surface area (Å²) in [7, 11) is 0. The van der Waals surface area contributed by atoms with Crippen molar-refractivity contribution in [2.75, 3.05) is 23.8 Å². The van der Waals surface area contributed by atoms with E-state index in [2.05, 4.69) is 41.5 Å². The smallest absolute Gasteiger partial charge is 0.225 e. The highest BCUT2D eigenvalue weighted by Crippen LogP contribution is 2.22. The average Bonchev–Trinajstić information content (AvgIpc) is 2.66. The van der Waals surface area contributed by atoms with Crippen LogP contribution in [0.5, 0.6) is 0 Å². The molecule has 0 saturated heterocycles. The lowest BCUT2D eigenvalue weighted by molar-refractivity contribution is 0.311. The lowest BCUT2D eigenvalue weighted by Crippen LogP contribution is -2.11. The summed E-state index contributed by atoms with van der Waals surface area (Å²) in [5.74, 6) is 1.16. The van der Waals surface area contributed by atoms with Gasteiger partial charge in [-0.3, -0.25) is 4.98 Å². The van der Waals surface area contributed by atoms with E-state index < -0.39 is 0 Å². The number of hydrogen-bond donors (Lipinski definition) is 3. The first kappa shape index (κ1) is 17.3. The topological polar surface area (TPSA) is 83.0 Å². The van der Waals surface area contributed by atoms with E-state index in [9.17, 15) is 0 Å². The van der Waals surface area contributed by atoms with Gasteiger partial charge in [0, 0.05) is 41.6 Å². The van der Waals surface area contributed by atoms with Crippen LogP contribution in [0.25, 0.3) is 11.3 Å². The average molecular weight is 400 g/mol. The Bertz CT molecular complexity index is 829. The fourth-order valence-corrected chi connectivity index (χ4v) is 2.70. The number of pyridine rings is 1. The van der Waals surface area contributed by atoms with Crippen LogP contribution >= 0.6 is 15.9 Å². The van der Waals surface area contributed by atoms with Crippen LogP contribution in [0.3, 0.4) is 0 Å². The van der Waals surface area contributed by atoms with Crippen LogP contribution in [-0.4, -0.2) is 33.2 Å². The quantitative estimate of drug-likeness (QED) is 0.565. The summed E-state index contributed by atoms with van der Waals surface area (Å²) in [5.41, 5.74) is 2.80. The number of aliphatic hydroxyl groups is 1. The predicted octanol–water partition coefficient (Wildman–Crippen LogP) is 3.32. The third-order valence-electron chi connectivity index (χ3n) is 3.50. The molecule has 0 saturated carbocycles. The van der Waals surface area contributed by atoms with E-state index in [1.54, 1.807) is 12.4 Å². The molecule has 0 amide bonds. The molecule has 0 unspecified atom stereocenters. The van der Waals surface area contributed by atoms with Crippen LogP contribution < -0.4 is 10.6 Å². The Morgan fingerprint density at radius 2 is 1.92 bits per heavy atom. The Balaban J connectivity index is 1.85. The van der Waals surface area contributed by atoms with Crippen LogP contribution in [-0.2, 0) is 6.54 Å². The summed E-state index contributed by atoms with van der Waals surface area (Å²) in [6.45, 7) is 1.03. The molecule has 0 atom stereocenters. The number of hydrogen-bond acceptors (Lipinski definition) is 6. The first-order valence-corrected chi connectivity index (χ1v) is 8.67. The summed E-state index contributed by atoms with van der Waals surface area (Å²) in [4.78, 5) is 13.1. The molecule has 0 spiro atoms. The number of aromatic nitrogens is 3. The van der Waals surface area contributed by atoms with E-state index in [1.165, 1.54) is 0 Å². The molecular formula is C18H18BrN5O. The standard InChI is InChI=1S/C18H18BrN5O/c19-15-6-2-1-4-13(15)12-22-17-10-16(14-5-3-7-20-11-14)23-18(24-17)21-8-9-25/h1-7,10-11,25H,8-9,12H2,(H2,21,22,23,24). The third-order valence-corrected chi connectivity index (χ3v) is 4.27. The first-order valence-electron chi connectivity index (χ1n) is 7.88. The molecule has 6 nitrogen and oxygen atoms in total. The Morgan fingerprint density at radius 3 is 2.68 bits per heavy atom.